The summed E-state index contributed by atoms with van der Waals surface area (Å²) in [6.45, 7) is 11.8. The molecule has 28 heavy (non-hydrogen) atoms. The molecule has 0 unspecified atom stereocenters. The van der Waals surface area contributed by atoms with Crippen LogP contribution in [0, 0.1) is 28.6 Å². The van der Waals surface area contributed by atoms with Gasteiger partial charge in [-0.05, 0) is 80.3 Å². The number of carbonyl (C=O) groups excluding carboxylic acids is 3. The molecule has 0 bridgehead atoms. The molecule has 4 rings (SSSR count). The molecule has 4 aliphatic rings. The normalized spacial score (nSPS) is 44.9. The number of hydrogen-bond acceptors (Lipinski definition) is 4. The minimum atomic E-state index is -0.991. The highest BCUT2D eigenvalue weighted by molar-refractivity contribution is 5.92. The first-order valence-electron chi connectivity index (χ1n) is 10.7. The maximum Gasteiger partial charge on any atom is 0.303 e. The van der Waals surface area contributed by atoms with Gasteiger partial charge in [0.25, 0.3) is 0 Å². The second-order valence-corrected chi connectivity index (χ2v) is 10.1. The van der Waals surface area contributed by atoms with Crippen molar-refractivity contribution in [1.82, 2.24) is 0 Å². The Balaban J connectivity index is 1.75. The molecule has 0 amide bonds. The van der Waals surface area contributed by atoms with E-state index in [1.165, 1.54) is 12.5 Å². The Hall–Kier alpha value is -1.71. The second kappa shape index (κ2) is 6.14. The van der Waals surface area contributed by atoms with Crippen molar-refractivity contribution in [3.8, 4) is 0 Å². The molecule has 0 heterocycles. The zero-order chi connectivity index (χ0) is 20.5. The van der Waals surface area contributed by atoms with Crippen LogP contribution in [0.5, 0.6) is 0 Å². The molecule has 0 aromatic rings. The molecule has 0 saturated heterocycles. The van der Waals surface area contributed by atoms with Crippen molar-refractivity contribution < 1.29 is 19.1 Å². The first-order valence-corrected chi connectivity index (χ1v) is 10.7. The SMILES string of the molecule is C=C1C[C@H]2[C@@H]3CC[C@](OC(C)=O)(C(C)=O)[C@@]3(C)CC[C@@H]2[C@]2(C)CCC(=O)C=C12. The summed E-state index contributed by atoms with van der Waals surface area (Å²) >= 11 is 0. The first kappa shape index (κ1) is 19.6. The molecule has 4 aliphatic carbocycles. The lowest BCUT2D eigenvalue weighted by Crippen LogP contribution is -2.58. The summed E-state index contributed by atoms with van der Waals surface area (Å²) in [5.74, 6) is 1.10. The Labute approximate surface area is 167 Å². The van der Waals surface area contributed by atoms with Crippen LogP contribution in [0.4, 0.5) is 0 Å². The molecule has 0 aromatic heterocycles. The third-order valence-corrected chi connectivity index (χ3v) is 8.94. The van der Waals surface area contributed by atoms with Gasteiger partial charge in [-0.2, -0.15) is 0 Å². The average Bonchev–Trinajstić information content (AvgIpc) is 2.90. The maximum atomic E-state index is 12.8. The quantitative estimate of drug-likeness (QED) is 0.654. The molecule has 152 valence electrons. The molecule has 3 saturated carbocycles. The average molecular weight is 385 g/mol. The summed E-state index contributed by atoms with van der Waals surface area (Å²) in [7, 11) is 0. The van der Waals surface area contributed by atoms with Gasteiger partial charge in [-0.15, -0.1) is 0 Å². The number of ketones is 2. The van der Waals surface area contributed by atoms with Crippen molar-refractivity contribution >= 4 is 17.5 Å². The molecular weight excluding hydrogens is 352 g/mol. The number of fused-ring (bicyclic) bond motifs is 5. The molecule has 6 atom stereocenters. The molecule has 0 aliphatic heterocycles. The number of rotatable bonds is 2. The number of hydrogen-bond donors (Lipinski definition) is 0. The summed E-state index contributed by atoms with van der Waals surface area (Å²) in [5, 5.41) is 0. The van der Waals surface area contributed by atoms with E-state index in [0.29, 0.717) is 30.6 Å². The Kier molecular flexibility index (Phi) is 4.30. The summed E-state index contributed by atoms with van der Waals surface area (Å²) in [4.78, 5) is 36.7. The third-order valence-electron chi connectivity index (χ3n) is 8.94. The van der Waals surface area contributed by atoms with Gasteiger partial charge in [-0.3, -0.25) is 14.4 Å². The van der Waals surface area contributed by atoms with Crippen LogP contribution in [0.25, 0.3) is 0 Å². The fourth-order valence-corrected chi connectivity index (χ4v) is 7.63. The van der Waals surface area contributed by atoms with Gasteiger partial charge in [0.1, 0.15) is 0 Å². The van der Waals surface area contributed by atoms with Crippen LogP contribution in [0.15, 0.2) is 23.8 Å². The largest absolute Gasteiger partial charge is 0.451 e. The lowest BCUT2D eigenvalue weighted by Gasteiger charge is -2.59. The second-order valence-electron chi connectivity index (χ2n) is 10.1. The highest BCUT2D eigenvalue weighted by atomic mass is 16.6. The van der Waals surface area contributed by atoms with Gasteiger partial charge in [0.2, 0.25) is 0 Å². The summed E-state index contributed by atoms with van der Waals surface area (Å²) < 4.78 is 5.82. The third kappa shape index (κ3) is 2.39. The van der Waals surface area contributed by atoms with E-state index >= 15 is 0 Å². The Morgan fingerprint density at radius 3 is 2.43 bits per heavy atom. The Morgan fingerprint density at radius 1 is 1.11 bits per heavy atom. The van der Waals surface area contributed by atoms with Gasteiger partial charge in [-0.25, -0.2) is 0 Å². The summed E-state index contributed by atoms with van der Waals surface area (Å²) in [6, 6.07) is 0. The van der Waals surface area contributed by atoms with Crippen LogP contribution in [-0.2, 0) is 19.1 Å². The van der Waals surface area contributed by atoms with Crippen LogP contribution in [0.3, 0.4) is 0 Å². The first-order chi connectivity index (χ1) is 13.0. The molecule has 0 radical (unpaired) electrons. The van der Waals surface area contributed by atoms with E-state index in [1.807, 2.05) is 6.08 Å². The molecule has 3 fully saturated rings. The molecule has 4 heteroatoms. The Morgan fingerprint density at radius 2 is 1.79 bits per heavy atom. The van der Waals surface area contributed by atoms with Crippen molar-refractivity contribution in [1.29, 1.82) is 0 Å². The fourth-order valence-electron chi connectivity index (χ4n) is 7.63. The van der Waals surface area contributed by atoms with Gasteiger partial charge < -0.3 is 4.74 Å². The Bertz CT molecular complexity index is 807. The molecule has 0 N–H and O–H groups in total. The van der Waals surface area contributed by atoms with Crippen molar-refractivity contribution in [2.45, 2.75) is 78.2 Å². The van der Waals surface area contributed by atoms with Gasteiger partial charge in [0.05, 0.1) is 0 Å². The highest BCUT2D eigenvalue weighted by Crippen LogP contribution is 2.68. The zero-order valence-corrected chi connectivity index (χ0v) is 17.6. The van der Waals surface area contributed by atoms with E-state index in [-0.39, 0.29) is 28.4 Å². The van der Waals surface area contributed by atoms with E-state index in [1.54, 1.807) is 6.92 Å². The standard InChI is InChI=1S/C24H32O4/c1-14-12-18-19(22(4)9-6-17(27)13-21(14)22)7-10-23(5)20(18)8-11-24(23,15(2)25)28-16(3)26/h13,18-20H,1,6-12H2,2-5H3/t18-,19+,20+,22+,23+,24+/m1/s1. The van der Waals surface area contributed by atoms with E-state index in [2.05, 4.69) is 20.4 Å². The zero-order valence-electron chi connectivity index (χ0n) is 17.6. The molecule has 4 nitrogen and oxygen atoms in total. The lowest BCUT2D eigenvalue weighted by atomic mass is 9.45. The minimum Gasteiger partial charge on any atom is -0.451 e. The highest BCUT2D eigenvalue weighted by Gasteiger charge is 2.68. The van der Waals surface area contributed by atoms with E-state index in [4.69, 9.17) is 4.74 Å². The monoisotopic (exact) mass is 384 g/mol. The minimum absolute atomic E-state index is 0.00184. The number of allylic oxidation sites excluding steroid dienone is 2. The predicted octanol–water partition coefficient (Wildman–Crippen LogP) is 4.58. The predicted molar refractivity (Wildman–Crippen MR) is 106 cm³/mol. The van der Waals surface area contributed by atoms with E-state index in [0.717, 1.165) is 37.7 Å². The van der Waals surface area contributed by atoms with Gasteiger partial charge in [0.15, 0.2) is 17.2 Å². The molecule has 0 spiro atoms. The molecule has 0 aromatic carbocycles. The van der Waals surface area contributed by atoms with Crippen LogP contribution in [0.1, 0.15) is 72.6 Å². The molecular formula is C24H32O4. The lowest BCUT2D eigenvalue weighted by molar-refractivity contribution is -0.186. The van der Waals surface area contributed by atoms with Crippen LogP contribution in [0.2, 0.25) is 0 Å². The van der Waals surface area contributed by atoms with Crippen molar-refractivity contribution in [3.05, 3.63) is 23.8 Å². The maximum absolute atomic E-state index is 12.8. The number of carbonyl (C=O) groups is 3. The van der Waals surface area contributed by atoms with E-state index in [9.17, 15) is 14.4 Å². The van der Waals surface area contributed by atoms with Crippen molar-refractivity contribution in [2.75, 3.05) is 0 Å². The van der Waals surface area contributed by atoms with Crippen molar-refractivity contribution in [2.24, 2.45) is 28.6 Å². The van der Waals surface area contributed by atoms with Crippen molar-refractivity contribution in [3.63, 3.8) is 0 Å². The number of Topliss-reactive ketones (excluding diaryl/α,β-unsaturated/α-hetero) is 1. The smallest absolute Gasteiger partial charge is 0.303 e. The van der Waals surface area contributed by atoms with Crippen LogP contribution in [-0.4, -0.2) is 23.1 Å². The van der Waals surface area contributed by atoms with Gasteiger partial charge in [0, 0.05) is 18.8 Å². The van der Waals surface area contributed by atoms with Crippen LogP contribution >= 0.6 is 0 Å². The fraction of sp³-hybridized carbons (Fsp3) is 0.708. The van der Waals surface area contributed by atoms with E-state index < -0.39 is 5.60 Å². The number of esters is 1. The number of ether oxygens (including phenoxy) is 1. The topological polar surface area (TPSA) is 60.4 Å². The summed E-state index contributed by atoms with van der Waals surface area (Å²) in [6.07, 6.45) is 7.66. The van der Waals surface area contributed by atoms with Crippen LogP contribution < -0.4 is 0 Å². The summed E-state index contributed by atoms with van der Waals surface area (Å²) in [5.41, 5.74) is 0.944. The van der Waals surface area contributed by atoms with Gasteiger partial charge in [-0.1, -0.05) is 26.0 Å². The van der Waals surface area contributed by atoms with Gasteiger partial charge >= 0.3 is 5.97 Å².